The van der Waals surface area contributed by atoms with Gasteiger partial charge in [-0.15, -0.1) is 0 Å². The van der Waals surface area contributed by atoms with E-state index in [4.69, 9.17) is 10.0 Å². The summed E-state index contributed by atoms with van der Waals surface area (Å²) in [6.07, 6.45) is 0. The largest absolute Gasteiger partial charge is 0.488 e. The SMILES string of the molecule is Brc1cc(Br)cc(Br)c1.C.Cc1cccc(-c2cc(Br)cc(-c3cccc(C)c3)c2)c1.Cc1cccc(B(O)O)c1. The van der Waals surface area contributed by atoms with E-state index in [0.717, 1.165) is 23.5 Å². The molecular weight excluding hydrogens is 771 g/mol. The lowest BCUT2D eigenvalue weighted by Crippen LogP contribution is -2.29. The topological polar surface area (TPSA) is 40.5 Å². The number of hydrogen-bond donors (Lipinski definition) is 2. The van der Waals surface area contributed by atoms with Crippen molar-refractivity contribution in [3.05, 3.63) is 144 Å². The van der Waals surface area contributed by atoms with Crippen LogP contribution in [0.4, 0.5) is 0 Å². The van der Waals surface area contributed by atoms with Crippen molar-refractivity contribution in [1.29, 1.82) is 0 Å². The van der Waals surface area contributed by atoms with Crippen LogP contribution in [0.2, 0.25) is 0 Å². The molecule has 0 atom stereocenters. The molecule has 2 N–H and O–H groups in total. The summed E-state index contributed by atoms with van der Waals surface area (Å²) in [4.78, 5) is 0. The van der Waals surface area contributed by atoms with Gasteiger partial charge in [-0.3, -0.25) is 0 Å². The highest BCUT2D eigenvalue weighted by Crippen LogP contribution is 2.31. The highest BCUT2D eigenvalue weighted by Gasteiger charge is 2.09. The van der Waals surface area contributed by atoms with Crippen molar-refractivity contribution in [3.8, 4) is 22.3 Å². The summed E-state index contributed by atoms with van der Waals surface area (Å²) in [5.41, 5.74) is 9.13. The van der Waals surface area contributed by atoms with Crippen LogP contribution in [-0.4, -0.2) is 17.2 Å². The first-order valence-corrected chi connectivity index (χ1v) is 15.7. The molecule has 5 rings (SSSR count). The first kappa shape index (κ1) is 35.2. The molecule has 0 aliphatic carbocycles. The smallest absolute Gasteiger partial charge is 0.423 e. The minimum Gasteiger partial charge on any atom is -0.423 e. The summed E-state index contributed by atoms with van der Waals surface area (Å²) >= 11 is 13.7. The van der Waals surface area contributed by atoms with Gasteiger partial charge in [0.1, 0.15) is 0 Å². The molecule has 5 aromatic rings. The molecule has 41 heavy (non-hydrogen) atoms. The third kappa shape index (κ3) is 12.0. The lowest BCUT2D eigenvalue weighted by Gasteiger charge is -2.09. The summed E-state index contributed by atoms with van der Waals surface area (Å²) in [7, 11) is -1.35. The fraction of sp³-hybridized carbons (Fsp3) is 0.118. The van der Waals surface area contributed by atoms with Gasteiger partial charge in [-0.05, 0) is 84.9 Å². The van der Waals surface area contributed by atoms with Crippen molar-refractivity contribution in [3.63, 3.8) is 0 Å². The van der Waals surface area contributed by atoms with Crippen LogP contribution in [0.5, 0.6) is 0 Å². The number of hydrogen-bond acceptors (Lipinski definition) is 2. The van der Waals surface area contributed by atoms with Gasteiger partial charge in [0, 0.05) is 17.9 Å². The first-order valence-electron chi connectivity index (χ1n) is 12.5. The molecule has 0 radical (unpaired) electrons. The van der Waals surface area contributed by atoms with E-state index in [1.165, 1.54) is 33.4 Å². The summed E-state index contributed by atoms with van der Waals surface area (Å²) in [5, 5.41) is 17.4. The van der Waals surface area contributed by atoms with Crippen LogP contribution in [0.3, 0.4) is 0 Å². The molecule has 0 amide bonds. The first-order chi connectivity index (χ1) is 19.0. The molecular formula is C34H33BBr4O2. The van der Waals surface area contributed by atoms with Gasteiger partial charge in [0.15, 0.2) is 0 Å². The zero-order valence-corrected chi connectivity index (χ0v) is 28.7. The Kier molecular flexibility index (Phi) is 14.8. The van der Waals surface area contributed by atoms with Gasteiger partial charge >= 0.3 is 7.12 Å². The van der Waals surface area contributed by atoms with Crippen LogP contribution in [0.25, 0.3) is 22.3 Å². The second-order valence-corrected chi connectivity index (χ2v) is 13.0. The van der Waals surface area contributed by atoms with E-state index in [-0.39, 0.29) is 7.43 Å². The average molecular weight is 804 g/mol. The Bertz CT molecular complexity index is 1460. The third-order valence-electron chi connectivity index (χ3n) is 5.77. The van der Waals surface area contributed by atoms with Crippen LogP contribution in [0.1, 0.15) is 24.1 Å². The Hall–Kier alpha value is -2.00. The van der Waals surface area contributed by atoms with Gasteiger partial charge in [0.2, 0.25) is 0 Å². The van der Waals surface area contributed by atoms with Gasteiger partial charge < -0.3 is 10.0 Å². The van der Waals surface area contributed by atoms with Gasteiger partial charge in [-0.25, -0.2) is 0 Å². The highest BCUT2D eigenvalue weighted by molar-refractivity contribution is 9.11. The van der Waals surface area contributed by atoms with E-state index in [1.54, 1.807) is 18.2 Å². The van der Waals surface area contributed by atoms with Gasteiger partial charge in [-0.2, -0.15) is 0 Å². The molecule has 0 unspecified atom stereocenters. The Morgan fingerprint density at radius 1 is 0.439 bits per heavy atom. The zero-order valence-electron chi connectivity index (χ0n) is 22.4. The third-order valence-corrected chi connectivity index (χ3v) is 7.60. The maximum absolute atomic E-state index is 8.70. The van der Waals surface area contributed by atoms with Crippen molar-refractivity contribution < 1.29 is 10.0 Å². The molecule has 0 saturated heterocycles. The van der Waals surface area contributed by atoms with Crippen LogP contribution < -0.4 is 5.46 Å². The summed E-state index contributed by atoms with van der Waals surface area (Å²) in [6.45, 7) is 6.16. The predicted octanol–water partition coefficient (Wildman–Crippen LogP) is 10.7. The molecule has 0 bridgehead atoms. The van der Waals surface area contributed by atoms with Gasteiger partial charge in [-0.1, -0.05) is 161 Å². The van der Waals surface area contributed by atoms with Crippen molar-refractivity contribution >= 4 is 76.3 Å². The summed E-state index contributed by atoms with van der Waals surface area (Å²) in [5.74, 6) is 0. The standard InChI is InChI=1S/C20H17Br.C7H9BO2.C6H3Br3.CH4/c1-14-5-3-7-16(9-14)18-11-19(13-20(21)12-18)17-8-4-6-15(2)10-17;1-6-3-2-4-7(5-6)8(9)10;7-4-1-5(8)3-6(9)2-4;/h3-13H,1-2H3;2-5,9-10H,1H3;1-3H;1H4. The van der Waals surface area contributed by atoms with E-state index >= 15 is 0 Å². The molecule has 0 spiro atoms. The van der Waals surface area contributed by atoms with Gasteiger partial charge in [0.05, 0.1) is 0 Å². The lowest BCUT2D eigenvalue weighted by atomic mass is 9.80. The van der Waals surface area contributed by atoms with E-state index in [2.05, 4.69) is 144 Å². The van der Waals surface area contributed by atoms with Crippen LogP contribution in [-0.2, 0) is 0 Å². The number of rotatable bonds is 3. The molecule has 0 fully saturated rings. The molecule has 212 valence electrons. The van der Waals surface area contributed by atoms with Crippen LogP contribution >= 0.6 is 63.7 Å². The van der Waals surface area contributed by atoms with Crippen molar-refractivity contribution in [2.24, 2.45) is 0 Å². The summed E-state index contributed by atoms with van der Waals surface area (Å²) in [6, 6.07) is 36.9. The molecule has 0 aromatic heterocycles. The quantitative estimate of drug-likeness (QED) is 0.178. The molecule has 7 heteroatoms. The van der Waals surface area contributed by atoms with Crippen LogP contribution in [0.15, 0.2) is 127 Å². The van der Waals surface area contributed by atoms with Gasteiger partial charge in [0.25, 0.3) is 0 Å². The second-order valence-electron chi connectivity index (χ2n) is 9.34. The van der Waals surface area contributed by atoms with E-state index in [1.807, 2.05) is 31.2 Å². The number of aryl methyl sites for hydroxylation is 3. The van der Waals surface area contributed by atoms with Crippen molar-refractivity contribution in [1.82, 2.24) is 0 Å². The second kappa shape index (κ2) is 17.2. The Morgan fingerprint density at radius 2 is 0.805 bits per heavy atom. The lowest BCUT2D eigenvalue weighted by molar-refractivity contribution is 0.425. The minimum atomic E-state index is -1.35. The zero-order chi connectivity index (χ0) is 29.2. The Morgan fingerprint density at radius 3 is 1.15 bits per heavy atom. The molecule has 0 saturated carbocycles. The fourth-order valence-corrected chi connectivity index (χ4v) is 6.82. The predicted molar refractivity (Wildman–Crippen MR) is 192 cm³/mol. The maximum Gasteiger partial charge on any atom is 0.488 e. The van der Waals surface area contributed by atoms with Crippen LogP contribution in [0, 0.1) is 20.8 Å². The Balaban J connectivity index is 0.000000246. The highest BCUT2D eigenvalue weighted by atomic mass is 79.9. The molecule has 0 aliphatic rings. The summed E-state index contributed by atoms with van der Waals surface area (Å²) < 4.78 is 4.33. The maximum atomic E-state index is 8.70. The fourth-order valence-electron chi connectivity index (χ4n) is 3.92. The molecule has 2 nitrogen and oxygen atoms in total. The Labute approximate surface area is 278 Å². The minimum absolute atomic E-state index is 0. The van der Waals surface area contributed by atoms with Crippen molar-refractivity contribution in [2.45, 2.75) is 28.2 Å². The van der Waals surface area contributed by atoms with E-state index < -0.39 is 7.12 Å². The molecule has 0 heterocycles. The van der Waals surface area contributed by atoms with E-state index in [0.29, 0.717) is 5.46 Å². The molecule has 5 aromatic carbocycles. The molecule has 0 aliphatic heterocycles. The van der Waals surface area contributed by atoms with E-state index in [9.17, 15) is 0 Å². The number of halogens is 4. The monoisotopic (exact) mass is 800 g/mol. The normalized spacial score (nSPS) is 9.88. The van der Waals surface area contributed by atoms with Crippen molar-refractivity contribution in [2.75, 3.05) is 0 Å². The average Bonchev–Trinajstić information content (AvgIpc) is 2.88. The number of benzene rings is 5.